The molecular weight excluding hydrogens is 395 g/mol. The van der Waals surface area contributed by atoms with Gasteiger partial charge in [0.2, 0.25) is 5.82 Å². The normalized spacial score (nSPS) is 17.0. The van der Waals surface area contributed by atoms with Crippen LogP contribution in [0.4, 0.5) is 27.6 Å². The molecule has 1 aromatic carbocycles. The van der Waals surface area contributed by atoms with E-state index in [9.17, 15) is 35.2 Å². The standard InChI is InChI=1S/C16H11F5N2O3S/c1-6-2-9-8(10(24)3-6)4-7(5-22-9)23-27(25,26)16-14(20)12(18)11(17)13(19)15(16)21/h4-6,23H,2-3H2,1H3. The van der Waals surface area contributed by atoms with Crippen LogP contribution < -0.4 is 4.72 Å². The number of carbonyl (C=O) groups is 1. The Morgan fingerprint density at radius 3 is 2.15 bits per heavy atom. The van der Waals surface area contributed by atoms with E-state index in [0.29, 0.717) is 12.1 Å². The molecule has 1 atom stereocenters. The minimum absolute atomic E-state index is 0.0494. The number of hydrogen-bond donors (Lipinski definition) is 1. The van der Waals surface area contributed by atoms with Crippen LogP contribution in [0.25, 0.3) is 0 Å². The first-order valence-electron chi connectivity index (χ1n) is 7.59. The van der Waals surface area contributed by atoms with E-state index in [-0.39, 0.29) is 29.4 Å². The SMILES string of the molecule is CC1CC(=O)c2cc(NS(=O)(=O)c3c(F)c(F)c(F)c(F)c3F)cnc2C1. The minimum Gasteiger partial charge on any atom is -0.294 e. The van der Waals surface area contributed by atoms with E-state index in [2.05, 4.69) is 4.98 Å². The Labute approximate surface area is 150 Å². The molecule has 0 spiro atoms. The smallest absolute Gasteiger partial charge is 0.268 e. The lowest BCUT2D eigenvalue weighted by Crippen LogP contribution is -2.22. The molecule has 0 bridgehead atoms. The Hall–Kier alpha value is -2.56. The van der Waals surface area contributed by atoms with Gasteiger partial charge in [-0.25, -0.2) is 30.4 Å². The molecule has 144 valence electrons. The van der Waals surface area contributed by atoms with Crippen LogP contribution in [0, 0.1) is 35.0 Å². The van der Waals surface area contributed by atoms with E-state index >= 15 is 0 Å². The molecule has 1 heterocycles. The van der Waals surface area contributed by atoms with Crippen LogP contribution in [-0.4, -0.2) is 19.2 Å². The van der Waals surface area contributed by atoms with Crippen molar-refractivity contribution in [3.05, 3.63) is 52.6 Å². The summed E-state index contributed by atoms with van der Waals surface area (Å²) in [5.41, 5.74) is 0.212. The molecule has 1 aromatic heterocycles. The second kappa shape index (κ2) is 6.55. The molecule has 0 fully saturated rings. The van der Waals surface area contributed by atoms with Crippen molar-refractivity contribution in [2.75, 3.05) is 4.72 Å². The van der Waals surface area contributed by atoms with Crippen LogP contribution in [0.1, 0.15) is 29.4 Å². The van der Waals surface area contributed by atoms with Gasteiger partial charge in [0.25, 0.3) is 10.0 Å². The summed E-state index contributed by atoms with van der Waals surface area (Å²) in [6, 6.07) is 1.11. The molecule has 5 nitrogen and oxygen atoms in total. The molecular formula is C16H11F5N2O3S. The van der Waals surface area contributed by atoms with Gasteiger partial charge in [-0.3, -0.25) is 14.5 Å². The summed E-state index contributed by atoms with van der Waals surface area (Å²) in [5.74, 6) is -12.5. The maximum Gasteiger partial charge on any atom is 0.268 e. The van der Waals surface area contributed by atoms with Crippen molar-refractivity contribution >= 4 is 21.5 Å². The maximum atomic E-state index is 13.8. The van der Waals surface area contributed by atoms with E-state index < -0.39 is 44.0 Å². The van der Waals surface area contributed by atoms with Crippen molar-refractivity contribution < 1.29 is 35.2 Å². The van der Waals surface area contributed by atoms with Crippen molar-refractivity contribution in [2.24, 2.45) is 5.92 Å². The van der Waals surface area contributed by atoms with Crippen LogP contribution in [0.3, 0.4) is 0 Å². The molecule has 11 heteroatoms. The molecule has 0 amide bonds. The number of carbonyl (C=O) groups excluding carboxylic acids is 1. The number of rotatable bonds is 3. The number of benzene rings is 1. The third-order valence-electron chi connectivity index (χ3n) is 4.04. The summed E-state index contributed by atoms with van der Waals surface area (Å²) in [7, 11) is -5.19. The van der Waals surface area contributed by atoms with E-state index in [1.165, 1.54) is 0 Å². The second-order valence-electron chi connectivity index (χ2n) is 6.16. The Balaban J connectivity index is 2.05. The minimum atomic E-state index is -5.19. The number of aromatic nitrogens is 1. The van der Waals surface area contributed by atoms with Gasteiger partial charge in [0.1, 0.15) is 0 Å². The second-order valence-corrected chi connectivity index (χ2v) is 7.78. The Morgan fingerprint density at radius 1 is 1.00 bits per heavy atom. The number of halogens is 5. The van der Waals surface area contributed by atoms with Gasteiger partial charge in [-0.15, -0.1) is 0 Å². The summed E-state index contributed by atoms with van der Waals surface area (Å²) < 4.78 is 93.3. The topological polar surface area (TPSA) is 76.1 Å². The number of sulfonamides is 1. The Morgan fingerprint density at radius 2 is 1.56 bits per heavy atom. The van der Waals surface area contributed by atoms with Gasteiger partial charge in [-0.05, 0) is 18.4 Å². The molecule has 1 aliphatic rings. The van der Waals surface area contributed by atoms with Crippen LogP contribution in [0.5, 0.6) is 0 Å². The number of nitrogens with zero attached hydrogens (tertiary/aromatic N) is 1. The van der Waals surface area contributed by atoms with E-state index in [1.54, 1.807) is 4.72 Å². The Bertz CT molecular complexity index is 1040. The highest BCUT2D eigenvalue weighted by molar-refractivity contribution is 7.92. The van der Waals surface area contributed by atoms with Crippen LogP contribution in [0.15, 0.2) is 17.2 Å². The van der Waals surface area contributed by atoms with Crippen LogP contribution >= 0.6 is 0 Å². The van der Waals surface area contributed by atoms with E-state index in [1.807, 2.05) is 6.92 Å². The lowest BCUT2D eigenvalue weighted by molar-refractivity contribution is 0.0952. The zero-order valence-electron chi connectivity index (χ0n) is 13.6. The number of Topliss-reactive ketones (excluding diaryl/α,β-unsaturated/α-hetero) is 1. The van der Waals surface area contributed by atoms with Crippen molar-refractivity contribution in [1.29, 1.82) is 0 Å². The third kappa shape index (κ3) is 3.27. The van der Waals surface area contributed by atoms with E-state index in [4.69, 9.17) is 0 Å². The molecule has 27 heavy (non-hydrogen) atoms. The fourth-order valence-electron chi connectivity index (χ4n) is 2.81. The first-order chi connectivity index (χ1) is 12.5. The zero-order chi connectivity index (χ0) is 20.1. The molecule has 1 N–H and O–H groups in total. The van der Waals surface area contributed by atoms with Gasteiger partial charge >= 0.3 is 0 Å². The third-order valence-corrected chi connectivity index (χ3v) is 5.44. The lowest BCUT2D eigenvalue weighted by Gasteiger charge is -2.20. The monoisotopic (exact) mass is 406 g/mol. The van der Waals surface area contributed by atoms with Gasteiger partial charge in [-0.2, -0.15) is 0 Å². The Kier molecular flexibility index (Phi) is 4.66. The number of hydrogen-bond acceptors (Lipinski definition) is 4. The lowest BCUT2D eigenvalue weighted by atomic mass is 9.87. The highest BCUT2D eigenvalue weighted by atomic mass is 32.2. The van der Waals surface area contributed by atoms with Crippen molar-refractivity contribution in [2.45, 2.75) is 24.7 Å². The van der Waals surface area contributed by atoms with Crippen LogP contribution in [-0.2, 0) is 16.4 Å². The van der Waals surface area contributed by atoms with E-state index in [0.717, 1.165) is 12.3 Å². The van der Waals surface area contributed by atoms with Gasteiger partial charge in [0.15, 0.2) is 33.9 Å². The van der Waals surface area contributed by atoms with Crippen LogP contribution in [0.2, 0.25) is 0 Å². The number of pyridine rings is 1. The van der Waals surface area contributed by atoms with Crippen molar-refractivity contribution in [1.82, 2.24) is 4.98 Å². The molecule has 1 unspecified atom stereocenters. The fourth-order valence-corrected chi connectivity index (χ4v) is 3.98. The summed E-state index contributed by atoms with van der Waals surface area (Å²) in [6.45, 7) is 1.84. The average molecular weight is 406 g/mol. The molecule has 0 saturated heterocycles. The summed E-state index contributed by atoms with van der Waals surface area (Å²) in [5, 5.41) is 0. The highest BCUT2D eigenvalue weighted by Gasteiger charge is 2.34. The first kappa shape index (κ1) is 19.2. The molecule has 3 rings (SSSR count). The van der Waals surface area contributed by atoms with Gasteiger partial charge < -0.3 is 0 Å². The molecule has 0 saturated carbocycles. The van der Waals surface area contributed by atoms with Crippen molar-refractivity contribution in [3.63, 3.8) is 0 Å². The molecule has 0 radical (unpaired) electrons. The zero-order valence-corrected chi connectivity index (χ0v) is 14.4. The predicted molar refractivity (Wildman–Crippen MR) is 83.1 cm³/mol. The molecule has 1 aliphatic carbocycles. The number of ketones is 1. The number of nitrogens with one attached hydrogen (secondary N) is 1. The quantitative estimate of drug-likeness (QED) is 0.482. The number of anilines is 1. The summed E-state index contributed by atoms with van der Waals surface area (Å²) in [6.07, 6.45) is 1.68. The largest absolute Gasteiger partial charge is 0.294 e. The first-order valence-corrected chi connectivity index (χ1v) is 9.07. The van der Waals surface area contributed by atoms with Gasteiger partial charge in [0.05, 0.1) is 17.6 Å². The summed E-state index contributed by atoms with van der Waals surface area (Å²) >= 11 is 0. The number of fused-ring (bicyclic) bond motifs is 1. The molecule has 0 aliphatic heterocycles. The average Bonchev–Trinajstić information content (AvgIpc) is 2.58. The van der Waals surface area contributed by atoms with Gasteiger partial charge in [0, 0.05) is 12.0 Å². The van der Waals surface area contributed by atoms with Crippen molar-refractivity contribution in [3.8, 4) is 0 Å². The summed E-state index contributed by atoms with van der Waals surface area (Å²) in [4.78, 5) is 14.0. The highest BCUT2D eigenvalue weighted by Crippen LogP contribution is 2.30. The molecule has 2 aromatic rings. The predicted octanol–water partition coefficient (Wildman–Crippen LogP) is 3.34. The fraction of sp³-hybridized carbons (Fsp3) is 0.250. The maximum absolute atomic E-state index is 13.8. The van der Waals surface area contributed by atoms with Gasteiger partial charge in [-0.1, -0.05) is 6.92 Å².